The lowest BCUT2D eigenvalue weighted by Crippen LogP contribution is -2.34. The summed E-state index contributed by atoms with van der Waals surface area (Å²) in [6.45, 7) is 2.64. The molecule has 0 atom stereocenters. The molecule has 0 aliphatic heterocycles. The van der Waals surface area contributed by atoms with Gasteiger partial charge in [0, 0.05) is 24.0 Å². The minimum absolute atomic E-state index is 0.116. The molecule has 0 fully saturated rings. The Labute approximate surface area is 157 Å². The van der Waals surface area contributed by atoms with Gasteiger partial charge in [-0.25, -0.2) is 9.59 Å². The number of anilines is 2. The molecule has 0 bridgehead atoms. The van der Waals surface area contributed by atoms with Crippen LogP contribution in [0.4, 0.5) is 21.0 Å². The van der Waals surface area contributed by atoms with Gasteiger partial charge < -0.3 is 9.47 Å². The summed E-state index contributed by atoms with van der Waals surface area (Å²) in [6, 6.07) is 15.8. The van der Waals surface area contributed by atoms with Crippen LogP contribution >= 0.6 is 11.6 Å². The van der Waals surface area contributed by atoms with Crippen molar-refractivity contribution < 1.29 is 19.1 Å². The van der Waals surface area contributed by atoms with E-state index in [-0.39, 0.29) is 12.5 Å². The molecule has 138 valence electrons. The van der Waals surface area contributed by atoms with E-state index in [9.17, 15) is 9.59 Å². The zero-order valence-electron chi connectivity index (χ0n) is 14.5. The van der Waals surface area contributed by atoms with Gasteiger partial charge in [0.2, 0.25) is 0 Å². The number of nitrogens with one attached hydrogen (secondary N) is 1. The fraction of sp³-hybridized carbons (Fsp3) is 0.263. The molecular formula is C19H21ClN2O4. The smallest absolute Gasteiger partial charge is 0.419 e. The van der Waals surface area contributed by atoms with Crippen LogP contribution in [0.5, 0.6) is 5.75 Å². The highest BCUT2D eigenvalue weighted by Crippen LogP contribution is 2.21. The van der Waals surface area contributed by atoms with Crippen LogP contribution in [0.2, 0.25) is 0 Å². The Bertz CT molecular complexity index is 724. The normalized spacial score (nSPS) is 10.1. The van der Waals surface area contributed by atoms with Crippen molar-refractivity contribution in [1.82, 2.24) is 0 Å². The molecule has 7 heteroatoms. The minimum atomic E-state index is -0.619. The molecule has 0 heterocycles. The first-order valence-corrected chi connectivity index (χ1v) is 8.81. The number of halogens is 1. The molecular weight excluding hydrogens is 356 g/mol. The monoisotopic (exact) mass is 376 g/mol. The standard InChI is InChI=1S/C19H21ClN2O4/c1-2-12-22(16-8-4-3-5-9-16)19(24)26-17-10-6-7-15(14-17)21-18(23)25-13-11-20/h3-10,14H,2,11-13H2,1H3,(H,21,23). The second-order valence-corrected chi connectivity index (χ2v) is 5.71. The van der Waals surface area contributed by atoms with Crippen LogP contribution in [-0.2, 0) is 4.74 Å². The Morgan fingerprint density at radius 3 is 2.58 bits per heavy atom. The van der Waals surface area contributed by atoms with E-state index >= 15 is 0 Å². The van der Waals surface area contributed by atoms with Gasteiger partial charge in [0.25, 0.3) is 0 Å². The summed E-state index contributed by atoms with van der Waals surface area (Å²) in [5.41, 5.74) is 1.22. The SMILES string of the molecule is CCCN(C(=O)Oc1cccc(NC(=O)OCCCl)c1)c1ccccc1. The van der Waals surface area contributed by atoms with Crippen molar-refractivity contribution in [3.63, 3.8) is 0 Å². The lowest BCUT2D eigenvalue weighted by Gasteiger charge is -2.21. The van der Waals surface area contributed by atoms with Gasteiger partial charge in [0.15, 0.2) is 0 Å². The quantitative estimate of drug-likeness (QED) is 0.698. The van der Waals surface area contributed by atoms with E-state index in [0.717, 1.165) is 12.1 Å². The summed E-state index contributed by atoms with van der Waals surface area (Å²) in [7, 11) is 0. The maximum atomic E-state index is 12.6. The molecule has 0 saturated heterocycles. The number of carbonyl (C=O) groups is 2. The van der Waals surface area contributed by atoms with Crippen LogP contribution in [0.15, 0.2) is 54.6 Å². The van der Waals surface area contributed by atoms with Crippen molar-refractivity contribution >= 4 is 35.2 Å². The molecule has 2 aromatic carbocycles. The van der Waals surface area contributed by atoms with Crippen LogP contribution in [0, 0.1) is 0 Å². The molecule has 0 unspecified atom stereocenters. The van der Waals surface area contributed by atoms with Gasteiger partial charge in [-0.1, -0.05) is 31.2 Å². The lowest BCUT2D eigenvalue weighted by atomic mass is 10.3. The van der Waals surface area contributed by atoms with E-state index in [1.807, 2.05) is 37.3 Å². The Hall–Kier alpha value is -2.73. The van der Waals surface area contributed by atoms with Crippen LogP contribution in [0.25, 0.3) is 0 Å². The van der Waals surface area contributed by atoms with Crippen LogP contribution in [-0.4, -0.2) is 31.2 Å². The minimum Gasteiger partial charge on any atom is -0.448 e. The number of para-hydroxylation sites is 1. The summed E-state index contributed by atoms with van der Waals surface area (Å²) in [5, 5.41) is 2.55. The van der Waals surface area contributed by atoms with Crippen molar-refractivity contribution in [1.29, 1.82) is 0 Å². The largest absolute Gasteiger partial charge is 0.448 e. The van der Waals surface area contributed by atoms with Crippen molar-refractivity contribution in [2.45, 2.75) is 13.3 Å². The van der Waals surface area contributed by atoms with Gasteiger partial charge in [-0.05, 0) is 30.7 Å². The number of nitrogens with zero attached hydrogens (tertiary/aromatic N) is 1. The number of hydrogen-bond acceptors (Lipinski definition) is 4. The third kappa shape index (κ3) is 5.97. The van der Waals surface area contributed by atoms with Crippen LogP contribution in [0.1, 0.15) is 13.3 Å². The average molecular weight is 377 g/mol. The molecule has 0 saturated carbocycles. The van der Waals surface area contributed by atoms with Gasteiger partial charge >= 0.3 is 12.2 Å². The van der Waals surface area contributed by atoms with Gasteiger partial charge in [0.05, 0.1) is 5.88 Å². The molecule has 26 heavy (non-hydrogen) atoms. The summed E-state index contributed by atoms with van der Waals surface area (Å²) >= 11 is 5.47. The molecule has 0 aliphatic carbocycles. The Balaban J connectivity index is 2.05. The second-order valence-electron chi connectivity index (χ2n) is 5.33. The number of rotatable bonds is 7. The van der Waals surface area contributed by atoms with Crippen molar-refractivity contribution in [2.24, 2.45) is 0 Å². The van der Waals surface area contributed by atoms with Gasteiger partial charge in [-0.3, -0.25) is 10.2 Å². The molecule has 2 rings (SSSR count). The first kappa shape index (κ1) is 19.6. The third-order valence-electron chi connectivity index (χ3n) is 3.33. The van der Waals surface area contributed by atoms with Crippen LogP contribution < -0.4 is 15.0 Å². The fourth-order valence-corrected chi connectivity index (χ4v) is 2.31. The number of carbonyl (C=O) groups excluding carboxylic acids is 2. The summed E-state index contributed by atoms with van der Waals surface area (Å²) in [6.07, 6.45) is -0.316. The molecule has 6 nitrogen and oxygen atoms in total. The number of ether oxygens (including phenoxy) is 2. The number of hydrogen-bond donors (Lipinski definition) is 1. The topological polar surface area (TPSA) is 67.9 Å². The van der Waals surface area contributed by atoms with Gasteiger partial charge in [-0.15, -0.1) is 11.6 Å². The average Bonchev–Trinajstić information content (AvgIpc) is 2.65. The fourth-order valence-electron chi connectivity index (χ4n) is 2.24. The molecule has 0 radical (unpaired) electrons. The summed E-state index contributed by atoms with van der Waals surface area (Å²) in [5.74, 6) is 0.542. The predicted molar refractivity (Wildman–Crippen MR) is 102 cm³/mol. The van der Waals surface area contributed by atoms with Crippen molar-refractivity contribution in [3.05, 3.63) is 54.6 Å². The highest BCUT2D eigenvalue weighted by Gasteiger charge is 2.17. The molecule has 2 amide bonds. The lowest BCUT2D eigenvalue weighted by molar-refractivity contribution is 0.168. The van der Waals surface area contributed by atoms with E-state index < -0.39 is 12.2 Å². The summed E-state index contributed by atoms with van der Waals surface area (Å²) < 4.78 is 10.3. The zero-order valence-corrected chi connectivity index (χ0v) is 15.2. The highest BCUT2D eigenvalue weighted by molar-refractivity contribution is 6.18. The second kappa shape index (κ2) is 10.3. The Morgan fingerprint density at radius 1 is 1.12 bits per heavy atom. The van der Waals surface area contributed by atoms with E-state index in [2.05, 4.69) is 5.32 Å². The maximum Gasteiger partial charge on any atom is 0.419 e. The van der Waals surface area contributed by atoms with E-state index in [1.165, 1.54) is 0 Å². The zero-order chi connectivity index (χ0) is 18.8. The first-order valence-electron chi connectivity index (χ1n) is 8.28. The van der Waals surface area contributed by atoms with E-state index in [0.29, 0.717) is 18.0 Å². The Kier molecular flexibility index (Phi) is 7.76. The van der Waals surface area contributed by atoms with Gasteiger partial charge in [0.1, 0.15) is 12.4 Å². The number of amides is 2. The van der Waals surface area contributed by atoms with Crippen molar-refractivity contribution in [2.75, 3.05) is 29.2 Å². The highest BCUT2D eigenvalue weighted by atomic mass is 35.5. The molecule has 0 aromatic heterocycles. The number of alkyl halides is 1. The maximum absolute atomic E-state index is 12.6. The molecule has 0 aliphatic rings. The predicted octanol–water partition coefficient (Wildman–Crippen LogP) is 4.89. The number of benzene rings is 2. The first-order chi connectivity index (χ1) is 12.6. The van der Waals surface area contributed by atoms with E-state index in [4.69, 9.17) is 21.1 Å². The summed E-state index contributed by atoms with van der Waals surface area (Å²) in [4.78, 5) is 25.7. The van der Waals surface area contributed by atoms with Gasteiger partial charge in [-0.2, -0.15) is 0 Å². The van der Waals surface area contributed by atoms with Crippen LogP contribution in [0.3, 0.4) is 0 Å². The Morgan fingerprint density at radius 2 is 1.88 bits per heavy atom. The molecule has 0 spiro atoms. The van der Waals surface area contributed by atoms with Crippen molar-refractivity contribution in [3.8, 4) is 5.75 Å². The van der Waals surface area contributed by atoms with E-state index in [1.54, 1.807) is 29.2 Å². The molecule has 1 N–H and O–H groups in total. The molecule has 2 aromatic rings. The third-order valence-corrected chi connectivity index (χ3v) is 3.49.